The smallest absolute Gasteiger partial charge is 0.413 e. The molecule has 2 rings (SSSR count). The fraction of sp³-hybridized carbons (Fsp3) is 0.200. The normalized spacial score (nSPS) is 9.92. The number of hydrogen-bond donors (Lipinski definition) is 5. The third-order valence-electron chi connectivity index (χ3n) is 3.20. The second kappa shape index (κ2) is 8.67. The Morgan fingerprint density at radius 1 is 1.31 bits per heavy atom. The molecule has 6 N–H and O–H groups in total. The minimum atomic E-state index is -0.768. The lowest BCUT2D eigenvalue weighted by Gasteiger charge is -2.13. The zero-order valence-electron chi connectivity index (χ0n) is 14.1. The number of hydrogen-bond acceptors (Lipinski definition) is 8. The number of nitrogens with zero attached hydrogens (tertiary/aromatic N) is 1. The third-order valence-corrected chi connectivity index (χ3v) is 3.40. The van der Waals surface area contributed by atoms with Crippen molar-refractivity contribution in [2.75, 3.05) is 30.6 Å². The van der Waals surface area contributed by atoms with Gasteiger partial charge in [-0.05, 0) is 29.9 Å². The van der Waals surface area contributed by atoms with Crippen LogP contribution in [0.5, 0.6) is 5.75 Å². The van der Waals surface area contributed by atoms with Gasteiger partial charge >= 0.3 is 6.09 Å². The number of H-pyrrole nitrogens is 1. The molecule has 0 spiro atoms. The molecule has 0 aliphatic carbocycles. The fourth-order valence-electron chi connectivity index (χ4n) is 1.95. The molecule has 26 heavy (non-hydrogen) atoms. The number of ether oxygens (including phenoxy) is 2. The van der Waals surface area contributed by atoms with Crippen LogP contribution in [0.2, 0.25) is 0 Å². The summed E-state index contributed by atoms with van der Waals surface area (Å²) in [6.07, 6.45) is -0.768. The summed E-state index contributed by atoms with van der Waals surface area (Å²) >= 11 is 4.96. The van der Waals surface area contributed by atoms with Crippen molar-refractivity contribution in [3.63, 3.8) is 0 Å². The van der Waals surface area contributed by atoms with Gasteiger partial charge in [-0.2, -0.15) is 4.98 Å². The summed E-state index contributed by atoms with van der Waals surface area (Å²) in [5.74, 6) is 0.842. The monoisotopic (exact) mass is 378 g/mol. The van der Waals surface area contributed by atoms with Crippen molar-refractivity contribution in [1.82, 2.24) is 15.3 Å². The van der Waals surface area contributed by atoms with Gasteiger partial charge in [-0.1, -0.05) is 12.1 Å². The number of aromatic nitrogens is 2. The standard InChI is InChI=1S/C15H18N6O4S/c1-24-9-5-3-8(4-6-9)7-17-11-10(12(22)20-13(16)19-11)18-14(26)21-15(23)25-2/h3-6H,7H2,1-2H3,(H2,18,21,23,26)(H4,16,17,19,20,22). The molecule has 0 bridgehead atoms. The van der Waals surface area contributed by atoms with E-state index in [2.05, 4.69) is 30.7 Å². The van der Waals surface area contributed by atoms with Crippen molar-refractivity contribution in [3.05, 3.63) is 40.2 Å². The highest BCUT2D eigenvalue weighted by Crippen LogP contribution is 2.17. The molecule has 138 valence electrons. The van der Waals surface area contributed by atoms with Gasteiger partial charge in [0.25, 0.3) is 5.56 Å². The van der Waals surface area contributed by atoms with E-state index in [4.69, 9.17) is 22.7 Å². The number of rotatable bonds is 5. The van der Waals surface area contributed by atoms with Crippen LogP contribution in [0.1, 0.15) is 5.56 Å². The van der Waals surface area contributed by atoms with Gasteiger partial charge in [-0.25, -0.2) is 4.79 Å². The number of anilines is 3. The molecule has 2 aromatic rings. The molecule has 1 aromatic heterocycles. The number of alkyl carbamates (subject to hydrolysis) is 1. The maximum atomic E-state index is 12.1. The van der Waals surface area contributed by atoms with Crippen LogP contribution >= 0.6 is 12.2 Å². The first kappa shape index (κ1) is 19.0. The van der Waals surface area contributed by atoms with E-state index in [-0.39, 0.29) is 22.6 Å². The van der Waals surface area contributed by atoms with Gasteiger partial charge in [0, 0.05) is 6.54 Å². The summed E-state index contributed by atoms with van der Waals surface area (Å²) in [4.78, 5) is 29.7. The molecule has 11 heteroatoms. The van der Waals surface area contributed by atoms with Crippen molar-refractivity contribution in [3.8, 4) is 5.75 Å². The Hall–Kier alpha value is -3.34. The number of thiocarbonyl (C=S) groups is 1. The predicted octanol–water partition coefficient (Wildman–Crippen LogP) is 1.03. The lowest BCUT2D eigenvalue weighted by Crippen LogP contribution is -2.36. The highest BCUT2D eigenvalue weighted by atomic mass is 32.1. The van der Waals surface area contributed by atoms with Crippen LogP contribution in [-0.4, -0.2) is 35.4 Å². The first-order valence-electron chi connectivity index (χ1n) is 7.35. The number of carbonyl (C=O) groups excluding carboxylic acids is 1. The molecule has 10 nitrogen and oxygen atoms in total. The number of carbonyl (C=O) groups is 1. The average molecular weight is 378 g/mol. The Kier molecular flexibility index (Phi) is 6.33. The van der Waals surface area contributed by atoms with Crippen molar-refractivity contribution in [1.29, 1.82) is 0 Å². The quantitative estimate of drug-likeness (QED) is 0.482. The van der Waals surface area contributed by atoms with Crippen LogP contribution in [0.4, 0.5) is 22.2 Å². The first-order valence-corrected chi connectivity index (χ1v) is 7.76. The fourth-order valence-corrected chi connectivity index (χ4v) is 2.14. The van der Waals surface area contributed by atoms with Crippen LogP contribution in [-0.2, 0) is 11.3 Å². The molecular weight excluding hydrogens is 360 g/mol. The van der Waals surface area contributed by atoms with E-state index in [9.17, 15) is 9.59 Å². The molecule has 0 fully saturated rings. The predicted molar refractivity (Wildman–Crippen MR) is 101 cm³/mol. The van der Waals surface area contributed by atoms with E-state index < -0.39 is 11.7 Å². The number of nitrogen functional groups attached to an aromatic ring is 1. The lowest BCUT2D eigenvalue weighted by molar-refractivity contribution is 0.177. The van der Waals surface area contributed by atoms with E-state index in [0.29, 0.717) is 6.54 Å². The number of aromatic amines is 1. The summed E-state index contributed by atoms with van der Waals surface area (Å²) < 4.78 is 9.54. The Morgan fingerprint density at radius 3 is 2.62 bits per heavy atom. The summed E-state index contributed by atoms with van der Waals surface area (Å²) in [6.45, 7) is 0.367. The van der Waals surface area contributed by atoms with Gasteiger partial charge in [0.1, 0.15) is 11.4 Å². The summed E-state index contributed by atoms with van der Waals surface area (Å²) in [5.41, 5.74) is 5.97. The summed E-state index contributed by atoms with van der Waals surface area (Å²) in [6, 6.07) is 7.34. The molecular formula is C15H18N6O4S. The van der Waals surface area contributed by atoms with Crippen molar-refractivity contribution in [2.24, 2.45) is 0 Å². The second-order valence-corrected chi connectivity index (χ2v) is 5.36. The Bertz CT molecular complexity index is 852. The number of nitrogens with one attached hydrogen (secondary N) is 4. The maximum Gasteiger partial charge on any atom is 0.413 e. The van der Waals surface area contributed by atoms with E-state index in [0.717, 1.165) is 11.3 Å². The van der Waals surface area contributed by atoms with Gasteiger partial charge in [0.05, 0.1) is 14.2 Å². The minimum Gasteiger partial charge on any atom is -0.497 e. The molecule has 0 unspecified atom stereocenters. The third kappa shape index (κ3) is 5.08. The largest absolute Gasteiger partial charge is 0.497 e. The van der Waals surface area contributed by atoms with Gasteiger partial charge in [0.2, 0.25) is 5.95 Å². The number of nitrogens with two attached hydrogens (primary N) is 1. The average Bonchev–Trinajstić information content (AvgIpc) is 2.62. The van der Waals surface area contributed by atoms with Gasteiger partial charge < -0.3 is 25.8 Å². The molecule has 0 atom stereocenters. The Balaban J connectivity index is 2.16. The van der Waals surface area contributed by atoms with Gasteiger partial charge in [0.15, 0.2) is 10.9 Å². The number of benzene rings is 1. The molecule has 0 aliphatic rings. The zero-order valence-corrected chi connectivity index (χ0v) is 14.9. The number of methoxy groups -OCH3 is 2. The topological polar surface area (TPSA) is 143 Å². The first-order chi connectivity index (χ1) is 12.4. The summed E-state index contributed by atoms with van der Waals surface area (Å²) in [5, 5.41) is 7.72. The molecule has 0 saturated carbocycles. The van der Waals surface area contributed by atoms with Crippen LogP contribution in [0.15, 0.2) is 29.1 Å². The second-order valence-electron chi connectivity index (χ2n) is 4.95. The van der Waals surface area contributed by atoms with Crippen LogP contribution in [0.3, 0.4) is 0 Å². The Morgan fingerprint density at radius 2 is 2.00 bits per heavy atom. The molecule has 1 aromatic carbocycles. The number of amides is 1. The van der Waals surface area contributed by atoms with Gasteiger partial charge in [-0.3, -0.25) is 15.1 Å². The van der Waals surface area contributed by atoms with E-state index in [1.54, 1.807) is 7.11 Å². The summed E-state index contributed by atoms with van der Waals surface area (Å²) in [7, 11) is 2.77. The van der Waals surface area contributed by atoms with E-state index in [1.807, 2.05) is 24.3 Å². The van der Waals surface area contributed by atoms with Crippen LogP contribution in [0, 0.1) is 0 Å². The lowest BCUT2D eigenvalue weighted by atomic mass is 10.2. The SMILES string of the molecule is COC(=O)NC(=S)Nc1c(NCc2ccc(OC)cc2)nc(N)[nH]c1=O. The van der Waals surface area contributed by atoms with E-state index in [1.165, 1.54) is 7.11 Å². The molecule has 1 amide bonds. The van der Waals surface area contributed by atoms with E-state index >= 15 is 0 Å². The molecule has 1 heterocycles. The van der Waals surface area contributed by atoms with Gasteiger partial charge in [-0.15, -0.1) is 0 Å². The highest BCUT2D eigenvalue weighted by Gasteiger charge is 2.13. The Labute approximate surface area is 154 Å². The zero-order chi connectivity index (χ0) is 19.1. The molecule has 0 aliphatic heterocycles. The molecule has 0 saturated heterocycles. The van der Waals surface area contributed by atoms with Crippen LogP contribution < -0.4 is 32.0 Å². The van der Waals surface area contributed by atoms with Crippen molar-refractivity contribution < 1.29 is 14.3 Å². The minimum absolute atomic E-state index is 0.00844. The van der Waals surface area contributed by atoms with Crippen LogP contribution in [0.25, 0.3) is 0 Å². The van der Waals surface area contributed by atoms with Crippen molar-refractivity contribution in [2.45, 2.75) is 6.54 Å². The highest BCUT2D eigenvalue weighted by molar-refractivity contribution is 7.80. The van der Waals surface area contributed by atoms with Crippen molar-refractivity contribution >= 4 is 40.9 Å². The maximum absolute atomic E-state index is 12.1. The molecule has 0 radical (unpaired) electrons.